The van der Waals surface area contributed by atoms with Crippen molar-refractivity contribution >= 4 is 42.4 Å². The Bertz CT molecular complexity index is 1010. The number of anilines is 1. The maximum Gasteiger partial charge on any atom is 0.257 e. The molecule has 0 bridgehead atoms. The standard InChI is InChI=1S/C17H16N2O3S2/c1-3-24(21,22)13-9-7-12(8-10-13)16(20)19-17-18-15-11(2)5-4-6-14(15)23-17/h4-10H,3H2,1-2H3,(H,18,19,20). The van der Waals surface area contributed by atoms with E-state index >= 15 is 0 Å². The number of fused-ring (bicyclic) bond motifs is 1. The molecule has 0 saturated carbocycles. The van der Waals surface area contributed by atoms with Crippen LogP contribution in [0.2, 0.25) is 0 Å². The summed E-state index contributed by atoms with van der Waals surface area (Å²) in [5, 5.41) is 3.29. The fourth-order valence-corrected chi connectivity index (χ4v) is 4.11. The van der Waals surface area contributed by atoms with Crippen molar-refractivity contribution in [3.63, 3.8) is 0 Å². The lowest BCUT2D eigenvalue weighted by molar-refractivity contribution is 0.102. The Balaban J connectivity index is 1.82. The summed E-state index contributed by atoms with van der Waals surface area (Å²) in [7, 11) is -3.26. The van der Waals surface area contributed by atoms with Gasteiger partial charge >= 0.3 is 0 Å². The van der Waals surface area contributed by atoms with Crippen LogP contribution in [-0.2, 0) is 9.84 Å². The van der Waals surface area contributed by atoms with Crippen molar-refractivity contribution in [1.29, 1.82) is 0 Å². The first kappa shape index (κ1) is 16.6. The van der Waals surface area contributed by atoms with E-state index in [-0.39, 0.29) is 16.6 Å². The van der Waals surface area contributed by atoms with E-state index in [0.717, 1.165) is 15.8 Å². The number of nitrogens with zero attached hydrogens (tertiary/aromatic N) is 1. The molecule has 3 rings (SSSR count). The Morgan fingerprint density at radius 3 is 2.50 bits per heavy atom. The zero-order valence-corrected chi connectivity index (χ0v) is 14.9. The average Bonchev–Trinajstić information content (AvgIpc) is 2.99. The number of aryl methyl sites for hydroxylation is 1. The molecule has 1 N–H and O–H groups in total. The number of para-hydroxylation sites is 1. The quantitative estimate of drug-likeness (QED) is 0.770. The van der Waals surface area contributed by atoms with Crippen LogP contribution in [0.5, 0.6) is 0 Å². The molecule has 1 amide bonds. The van der Waals surface area contributed by atoms with E-state index in [0.29, 0.717) is 10.7 Å². The molecule has 0 radical (unpaired) electrons. The summed E-state index contributed by atoms with van der Waals surface area (Å²) in [5.41, 5.74) is 2.32. The van der Waals surface area contributed by atoms with E-state index in [1.165, 1.54) is 35.6 Å². The van der Waals surface area contributed by atoms with Crippen LogP contribution in [0, 0.1) is 6.92 Å². The summed E-state index contributed by atoms with van der Waals surface area (Å²) in [6, 6.07) is 11.8. The molecule has 0 saturated heterocycles. The van der Waals surface area contributed by atoms with Crippen molar-refractivity contribution < 1.29 is 13.2 Å². The van der Waals surface area contributed by atoms with Crippen molar-refractivity contribution in [2.45, 2.75) is 18.7 Å². The van der Waals surface area contributed by atoms with Gasteiger partial charge in [-0.3, -0.25) is 10.1 Å². The first-order chi connectivity index (χ1) is 11.4. The van der Waals surface area contributed by atoms with Crippen LogP contribution in [-0.4, -0.2) is 25.1 Å². The minimum absolute atomic E-state index is 0.0313. The fourth-order valence-electron chi connectivity index (χ4n) is 2.29. The van der Waals surface area contributed by atoms with Gasteiger partial charge in [0, 0.05) is 5.56 Å². The van der Waals surface area contributed by atoms with Gasteiger partial charge in [-0.1, -0.05) is 30.4 Å². The van der Waals surface area contributed by atoms with Crippen LogP contribution in [0.25, 0.3) is 10.2 Å². The molecule has 0 unspecified atom stereocenters. The maximum absolute atomic E-state index is 12.3. The highest BCUT2D eigenvalue weighted by Crippen LogP contribution is 2.28. The molecule has 0 atom stereocenters. The molecule has 7 heteroatoms. The van der Waals surface area contributed by atoms with E-state index in [1.807, 2.05) is 25.1 Å². The van der Waals surface area contributed by atoms with Gasteiger partial charge in [-0.25, -0.2) is 13.4 Å². The third-order valence-corrected chi connectivity index (χ3v) is 6.38. The Labute approximate surface area is 144 Å². The summed E-state index contributed by atoms with van der Waals surface area (Å²) in [5.74, 6) is -0.281. The van der Waals surface area contributed by atoms with Crippen LogP contribution in [0.15, 0.2) is 47.4 Å². The van der Waals surface area contributed by atoms with Gasteiger partial charge in [-0.05, 0) is 42.8 Å². The van der Waals surface area contributed by atoms with Gasteiger partial charge in [0.2, 0.25) is 0 Å². The van der Waals surface area contributed by atoms with Crippen LogP contribution in [0.1, 0.15) is 22.8 Å². The number of carbonyl (C=O) groups excluding carboxylic acids is 1. The smallest absolute Gasteiger partial charge is 0.257 e. The zero-order chi connectivity index (χ0) is 17.3. The minimum Gasteiger partial charge on any atom is -0.298 e. The molecule has 24 heavy (non-hydrogen) atoms. The number of sulfone groups is 1. The van der Waals surface area contributed by atoms with E-state index in [2.05, 4.69) is 10.3 Å². The lowest BCUT2D eigenvalue weighted by Gasteiger charge is -2.04. The molecule has 1 heterocycles. The Morgan fingerprint density at radius 1 is 1.17 bits per heavy atom. The monoisotopic (exact) mass is 360 g/mol. The van der Waals surface area contributed by atoms with Crippen molar-refractivity contribution in [3.05, 3.63) is 53.6 Å². The Morgan fingerprint density at radius 2 is 1.88 bits per heavy atom. The first-order valence-corrected chi connectivity index (χ1v) is 9.88. The molecule has 0 aliphatic rings. The molecule has 3 aromatic rings. The summed E-state index contributed by atoms with van der Waals surface area (Å²) in [6.07, 6.45) is 0. The third kappa shape index (κ3) is 3.18. The third-order valence-electron chi connectivity index (χ3n) is 3.70. The molecule has 1 aromatic heterocycles. The molecule has 5 nitrogen and oxygen atoms in total. The lowest BCUT2D eigenvalue weighted by Crippen LogP contribution is -2.12. The summed E-state index contributed by atoms with van der Waals surface area (Å²) in [4.78, 5) is 17.0. The van der Waals surface area contributed by atoms with E-state index in [1.54, 1.807) is 6.92 Å². The van der Waals surface area contributed by atoms with Crippen LogP contribution in [0.3, 0.4) is 0 Å². The fraction of sp³-hybridized carbons (Fsp3) is 0.176. The van der Waals surface area contributed by atoms with Crippen LogP contribution < -0.4 is 5.32 Å². The topological polar surface area (TPSA) is 76.1 Å². The van der Waals surface area contributed by atoms with Crippen LogP contribution >= 0.6 is 11.3 Å². The largest absolute Gasteiger partial charge is 0.298 e. The van der Waals surface area contributed by atoms with Crippen LogP contribution in [0.4, 0.5) is 5.13 Å². The zero-order valence-electron chi connectivity index (χ0n) is 13.2. The normalized spacial score (nSPS) is 11.6. The lowest BCUT2D eigenvalue weighted by atomic mass is 10.2. The number of nitrogens with one attached hydrogen (secondary N) is 1. The molecule has 0 spiro atoms. The van der Waals surface area contributed by atoms with Crippen molar-refractivity contribution in [2.75, 3.05) is 11.1 Å². The Hall–Kier alpha value is -2.25. The molecular weight excluding hydrogens is 344 g/mol. The highest BCUT2D eigenvalue weighted by molar-refractivity contribution is 7.91. The predicted molar refractivity (Wildman–Crippen MR) is 96.5 cm³/mol. The Kier molecular flexibility index (Phi) is 4.38. The molecule has 0 fully saturated rings. The van der Waals surface area contributed by atoms with Gasteiger partial charge in [-0.15, -0.1) is 0 Å². The van der Waals surface area contributed by atoms with Gasteiger partial charge in [0.1, 0.15) is 0 Å². The predicted octanol–water partition coefficient (Wildman–Crippen LogP) is 3.65. The highest BCUT2D eigenvalue weighted by atomic mass is 32.2. The number of rotatable bonds is 4. The van der Waals surface area contributed by atoms with E-state index in [4.69, 9.17) is 0 Å². The van der Waals surface area contributed by atoms with Crippen molar-refractivity contribution in [1.82, 2.24) is 4.98 Å². The minimum atomic E-state index is -3.26. The molecular formula is C17H16N2O3S2. The average molecular weight is 360 g/mol. The molecule has 2 aromatic carbocycles. The van der Waals surface area contributed by atoms with Gasteiger partial charge < -0.3 is 0 Å². The van der Waals surface area contributed by atoms with Gasteiger partial charge in [-0.2, -0.15) is 0 Å². The maximum atomic E-state index is 12.3. The highest BCUT2D eigenvalue weighted by Gasteiger charge is 2.14. The number of benzene rings is 2. The number of carbonyl (C=O) groups is 1. The van der Waals surface area contributed by atoms with Gasteiger partial charge in [0.15, 0.2) is 15.0 Å². The number of hydrogen-bond donors (Lipinski definition) is 1. The first-order valence-electron chi connectivity index (χ1n) is 7.41. The molecule has 124 valence electrons. The second-order valence-electron chi connectivity index (χ2n) is 5.32. The van der Waals surface area contributed by atoms with Crippen molar-refractivity contribution in [2.24, 2.45) is 0 Å². The second-order valence-corrected chi connectivity index (χ2v) is 8.63. The van der Waals surface area contributed by atoms with E-state index < -0.39 is 9.84 Å². The summed E-state index contributed by atoms with van der Waals surface area (Å²) in [6.45, 7) is 3.56. The van der Waals surface area contributed by atoms with Crippen molar-refractivity contribution in [3.8, 4) is 0 Å². The summed E-state index contributed by atoms with van der Waals surface area (Å²) < 4.78 is 24.6. The SMILES string of the molecule is CCS(=O)(=O)c1ccc(C(=O)Nc2nc3c(C)cccc3s2)cc1. The second kappa shape index (κ2) is 6.33. The molecule has 0 aliphatic heterocycles. The number of aromatic nitrogens is 1. The van der Waals surface area contributed by atoms with E-state index in [9.17, 15) is 13.2 Å². The van der Waals surface area contributed by atoms with Gasteiger partial charge in [0.25, 0.3) is 5.91 Å². The summed E-state index contributed by atoms with van der Waals surface area (Å²) >= 11 is 1.41. The number of hydrogen-bond acceptors (Lipinski definition) is 5. The number of amides is 1. The van der Waals surface area contributed by atoms with Gasteiger partial charge in [0.05, 0.1) is 20.9 Å². The molecule has 0 aliphatic carbocycles. The number of thiazole rings is 1.